The maximum atomic E-state index is 13.2. The number of hydrogen-bond acceptors (Lipinski definition) is 4. The molecule has 1 atom stereocenters. The Kier molecular flexibility index (Phi) is 5.63. The molecule has 1 saturated heterocycles. The molecule has 0 radical (unpaired) electrons. The zero-order valence-electron chi connectivity index (χ0n) is 20.0. The third-order valence-electron chi connectivity index (χ3n) is 8.06. The summed E-state index contributed by atoms with van der Waals surface area (Å²) in [6.07, 6.45) is 4.96. The molecule has 1 saturated carbocycles. The van der Waals surface area contributed by atoms with Gasteiger partial charge in [-0.15, -0.1) is 0 Å². The first-order valence-electron chi connectivity index (χ1n) is 12.3. The number of methoxy groups -OCH3 is 1. The number of aromatic nitrogens is 1. The van der Waals surface area contributed by atoms with E-state index in [1.165, 1.54) is 5.56 Å². The van der Waals surface area contributed by atoms with Crippen LogP contribution in [-0.2, 0) is 22.1 Å². The molecule has 1 spiro atoms. The average Bonchev–Trinajstić information content (AvgIpc) is 3.64. The van der Waals surface area contributed by atoms with Crippen LogP contribution in [0.4, 0.5) is 0 Å². The lowest BCUT2D eigenvalue weighted by Gasteiger charge is -2.50. The Morgan fingerprint density at radius 2 is 1.94 bits per heavy atom. The van der Waals surface area contributed by atoms with Crippen molar-refractivity contribution in [3.8, 4) is 5.75 Å². The van der Waals surface area contributed by atoms with Crippen molar-refractivity contribution in [2.24, 2.45) is 13.0 Å². The molecular formula is C26H35N3O4. The highest BCUT2D eigenvalue weighted by molar-refractivity contribution is 5.90. The summed E-state index contributed by atoms with van der Waals surface area (Å²) in [7, 11) is 3.69. The number of rotatable bonds is 5. The maximum Gasteiger partial charge on any atom is 0.225 e. The second kappa shape index (κ2) is 8.35. The average molecular weight is 454 g/mol. The van der Waals surface area contributed by atoms with Crippen molar-refractivity contribution in [2.45, 2.75) is 56.9 Å². The van der Waals surface area contributed by atoms with Crippen LogP contribution in [0.15, 0.2) is 18.2 Å². The molecule has 33 heavy (non-hydrogen) atoms. The number of fused-ring (bicyclic) bond motifs is 4. The molecule has 3 aliphatic rings. The standard InChI is InChI=1S/C26H35N3O4/c1-4-5-22(31)29-16-26(10-12-28(13-11-26)25(32)17-6-7-17)23-19-9-8-18(33-3)14-20(19)27(2)24(23)21(29)15-30/h8-9,14,17,21,30H,4-7,10-13,15-16H2,1-3H3/t21-/m0/s1. The molecular weight excluding hydrogens is 418 g/mol. The Hall–Kier alpha value is -2.54. The van der Waals surface area contributed by atoms with E-state index < -0.39 is 0 Å². The van der Waals surface area contributed by atoms with Crippen LogP contribution in [0, 0.1) is 5.92 Å². The Morgan fingerprint density at radius 1 is 1.21 bits per heavy atom. The van der Waals surface area contributed by atoms with Gasteiger partial charge in [0.15, 0.2) is 0 Å². The molecule has 2 fully saturated rings. The van der Waals surface area contributed by atoms with Crippen molar-refractivity contribution in [2.75, 3.05) is 33.4 Å². The number of nitrogens with zero attached hydrogens (tertiary/aromatic N) is 3. The predicted molar refractivity (Wildman–Crippen MR) is 126 cm³/mol. The molecule has 2 aromatic rings. The quantitative estimate of drug-likeness (QED) is 0.755. The lowest BCUT2D eigenvalue weighted by molar-refractivity contribution is -0.139. The molecule has 1 N–H and O–H groups in total. The molecule has 0 bridgehead atoms. The highest BCUT2D eigenvalue weighted by Crippen LogP contribution is 2.50. The summed E-state index contributed by atoms with van der Waals surface area (Å²) in [6.45, 7) is 3.96. The lowest BCUT2D eigenvalue weighted by atomic mass is 9.68. The van der Waals surface area contributed by atoms with Crippen molar-refractivity contribution in [3.63, 3.8) is 0 Å². The summed E-state index contributed by atoms with van der Waals surface area (Å²) >= 11 is 0. The first-order chi connectivity index (χ1) is 15.9. The molecule has 2 amide bonds. The largest absolute Gasteiger partial charge is 0.497 e. The zero-order chi connectivity index (χ0) is 23.3. The fraction of sp³-hybridized carbons (Fsp3) is 0.615. The van der Waals surface area contributed by atoms with Gasteiger partial charge in [-0.1, -0.05) is 6.92 Å². The van der Waals surface area contributed by atoms with Crippen LogP contribution in [0.25, 0.3) is 10.9 Å². The Bertz CT molecular complexity index is 1080. The van der Waals surface area contributed by atoms with Crippen molar-refractivity contribution < 1.29 is 19.4 Å². The van der Waals surface area contributed by atoms with E-state index in [2.05, 4.69) is 10.6 Å². The highest BCUT2D eigenvalue weighted by Gasteiger charge is 2.50. The van der Waals surface area contributed by atoms with Crippen LogP contribution in [0.2, 0.25) is 0 Å². The molecule has 178 valence electrons. The van der Waals surface area contributed by atoms with E-state index in [9.17, 15) is 14.7 Å². The fourth-order valence-electron chi connectivity index (χ4n) is 6.13. The summed E-state index contributed by atoms with van der Waals surface area (Å²) in [6, 6.07) is 5.79. The number of benzene rings is 1. The minimum Gasteiger partial charge on any atom is -0.497 e. The molecule has 1 aromatic heterocycles. The van der Waals surface area contributed by atoms with E-state index in [0.717, 1.165) is 67.5 Å². The summed E-state index contributed by atoms with van der Waals surface area (Å²) in [5.74, 6) is 1.42. The molecule has 3 heterocycles. The Morgan fingerprint density at radius 3 is 2.55 bits per heavy atom. The zero-order valence-corrected chi connectivity index (χ0v) is 20.0. The fourth-order valence-corrected chi connectivity index (χ4v) is 6.13. The van der Waals surface area contributed by atoms with Gasteiger partial charge in [0.1, 0.15) is 5.75 Å². The second-order valence-corrected chi connectivity index (χ2v) is 10.1. The normalized spacial score (nSPS) is 22.0. The van der Waals surface area contributed by atoms with Crippen LogP contribution < -0.4 is 4.74 Å². The number of carbonyl (C=O) groups excluding carboxylic acids is 2. The molecule has 7 heteroatoms. The van der Waals surface area contributed by atoms with Crippen LogP contribution >= 0.6 is 0 Å². The van der Waals surface area contributed by atoms with E-state index in [-0.39, 0.29) is 29.9 Å². The number of carbonyl (C=O) groups is 2. The Balaban J connectivity index is 1.62. The van der Waals surface area contributed by atoms with Gasteiger partial charge in [-0.25, -0.2) is 0 Å². The van der Waals surface area contributed by atoms with Gasteiger partial charge in [-0.05, 0) is 49.8 Å². The summed E-state index contributed by atoms with van der Waals surface area (Å²) in [4.78, 5) is 29.9. The lowest BCUT2D eigenvalue weighted by Crippen LogP contribution is -2.56. The minimum atomic E-state index is -0.362. The van der Waals surface area contributed by atoms with Crippen LogP contribution in [0.3, 0.4) is 0 Å². The monoisotopic (exact) mass is 453 g/mol. The van der Waals surface area contributed by atoms with Crippen molar-refractivity contribution in [1.29, 1.82) is 0 Å². The van der Waals surface area contributed by atoms with E-state index in [1.54, 1.807) is 7.11 Å². The minimum absolute atomic E-state index is 0.0981. The van der Waals surface area contributed by atoms with Crippen LogP contribution in [-0.4, -0.2) is 64.6 Å². The second-order valence-electron chi connectivity index (χ2n) is 10.1. The van der Waals surface area contributed by atoms with Crippen molar-refractivity contribution >= 4 is 22.7 Å². The van der Waals surface area contributed by atoms with Crippen LogP contribution in [0.1, 0.15) is 62.7 Å². The number of amides is 2. The predicted octanol–water partition coefficient (Wildman–Crippen LogP) is 3.13. The van der Waals surface area contributed by atoms with Crippen LogP contribution in [0.5, 0.6) is 5.75 Å². The van der Waals surface area contributed by atoms with Gasteiger partial charge in [0.2, 0.25) is 11.8 Å². The first kappa shape index (κ1) is 22.3. The third-order valence-corrected chi connectivity index (χ3v) is 8.06. The third kappa shape index (κ3) is 3.52. The maximum absolute atomic E-state index is 13.2. The van der Waals surface area contributed by atoms with Gasteiger partial charge in [0, 0.05) is 61.6 Å². The number of aliphatic hydroxyl groups excluding tert-OH is 1. The summed E-state index contributed by atoms with van der Waals surface area (Å²) < 4.78 is 7.63. The summed E-state index contributed by atoms with van der Waals surface area (Å²) in [5.41, 5.74) is 3.11. The SMILES string of the molecule is CCCC(=O)N1CC2(CCN(C(=O)C3CC3)CC2)c2c(n(C)c3cc(OC)ccc23)[C@@H]1CO. The molecule has 0 unspecified atom stereocenters. The van der Waals surface area contributed by atoms with E-state index in [4.69, 9.17) is 4.74 Å². The molecule has 7 nitrogen and oxygen atoms in total. The van der Waals surface area contributed by atoms with Crippen molar-refractivity contribution in [1.82, 2.24) is 14.4 Å². The topological polar surface area (TPSA) is 75.0 Å². The van der Waals surface area contributed by atoms with Gasteiger partial charge in [-0.2, -0.15) is 0 Å². The summed E-state index contributed by atoms with van der Waals surface area (Å²) in [5, 5.41) is 11.6. The molecule has 2 aliphatic heterocycles. The number of likely N-dealkylation sites (tertiary alicyclic amines) is 1. The number of aliphatic hydroxyl groups is 1. The first-order valence-corrected chi connectivity index (χ1v) is 12.3. The number of hydrogen-bond donors (Lipinski definition) is 1. The molecule has 1 aliphatic carbocycles. The smallest absolute Gasteiger partial charge is 0.225 e. The molecule has 5 rings (SSSR count). The highest BCUT2D eigenvalue weighted by atomic mass is 16.5. The molecule has 1 aromatic carbocycles. The van der Waals surface area contributed by atoms with E-state index in [0.29, 0.717) is 18.9 Å². The number of piperidine rings is 1. The van der Waals surface area contributed by atoms with Gasteiger partial charge >= 0.3 is 0 Å². The number of aryl methyl sites for hydroxylation is 1. The van der Waals surface area contributed by atoms with E-state index >= 15 is 0 Å². The Labute approximate surface area is 195 Å². The van der Waals surface area contributed by atoms with Crippen molar-refractivity contribution in [3.05, 3.63) is 29.5 Å². The van der Waals surface area contributed by atoms with Gasteiger partial charge in [0.05, 0.1) is 25.3 Å². The van der Waals surface area contributed by atoms with E-state index in [1.807, 2.05) is 35.9 Å². The van der Waals surface area contributed by atoms with Gasteiger partial charge in [0.25, 0.3) is 0 Å². The number of ether oxygens (including phenoxy) is 1. The van der Waals surface area contributed by atoms with Gasteiger partial charge in [-0.3, -0.25) is 9.59 Å². The van der Waals surface area contributed by atoms with Gasteiger partial charge < -0.3 is 24.2 Å².